The molecule has 0 spiro atoms. The summed E-state index contributed by atoms with van der Waals surface area (Å²) in [4.78, 5) is 3.26. The van der Waals surface area contributed by atoms with Crippen LogP contribution in [0.4, 0.5) is 23.2 Å². The molecule has 0 aromatic heterocycles. The molecule has 1 saturated heterocycles. The van der Waals surface area contributed by atoms with E-state index in [4.69, 9.17) is 5.73 Å². The molecule has 1 aromatic carbocycles. The summed E-state index contributed by atoms with van der Waals surface area (Å²) in [5, 5.41) is 0. The molecule has 7 heteroatoms. The first-order valence-corrected chi connectivity index (χ1v) is 6.86. The summed E-state index contributed by atoms with van der Waals surface area (Å²) in [7, 11) is 0. The lowest BCUT2D eigenvalue weighted by molar-refractivity contribution is -0.146. The number of alkyl halides is 3. The fourth-order valence-corrected chi connectivity index (χ4v) is 2.65. The minimum Gasteiger partial charge on any atom is -0.369 e. The van der Waals surface area contributed by atoms with E-state index in [0.717, 1.165) is 0 Å². The Morgan fingerprint density at radius 3 is 2.33 bits per heavy atom. The van der Waals surface area contributed by atoms with Gasteiger partial charge in [-0.05, 0) is 19.1 Å². The van der Waals surface area contributed by atoms with Crippen molar-refractivity contribution in [3.8, 4) is 0 Å². The molecule has 21 heavy (non-hydrogen) atoms. The molecular formula is C14H19F4N3. The molecule has 0 amide bonds. The third-order valence-electron chi connectivity index (χ3n) is 3.60. The maximum absolute atomic E-state index is 13.9. The van der Waals surface area contributed by atoms with Gasteiger partial charge in [-0.3, -0.25) is 4.90 Å². The predicted octanol–water partition coefficient (Wildman–Crippen LogP) is 2.53. The van der Waals surface area contributed by atoms with Crippen molar-refractivity contribution in [1.29, 1.82) is 0 Å². The molecule has 1 fully saturated rings. The van der Waals surface area contributed by atoms with Crippen LogP contribution in [-0.4, -0.2) is 43.8 Å². The quantitative estimate of drug-likeness (QED) is 0.871. The lowest BCUT2D eigenvalue weighted by Gasteiger charge is -2.37. The van der Waals surface area contributed by atoms with E-state index in [1.807, 2.05) is 4.90 Å². The van der Waals surface area contributed by atoms with E-state index in [9.17, 15) is 17.6 Å². The van der Waals surface area contributed by atoms with Crippen LogP contribution in [0.15, 0.2) is 18.2 Å². The second-order valence-electron chi connectivity index (χ2n) is 5.34. The number of nitrogens with two attached hydrogens (primary N) is 1. The molecule has 0 unspecified atom stereocenters. The van der Waals surface area contributed by atoms with Gasteiger partial charge in [-0.1, -0.05) is 6.07 Å². The Hall–Kier alpha value is -1.34. The number of anilines is 1. The van der Waals surface area contributed by atoms with Crippen LogP contribution in [0.2, 0.25) is 0 Å². The van der Waals surface area contributed by atoms with Gasteiger partial charge in [-0.15, -0.1) is 0 Å². The molecule has 1 atom stereocenters. The Morgan fingerprint density at radius 2 is 1.81 bits per heavy atom. The van der Waals surface area contributed by atoms with Crippen LogP contribution < -0.4 is 10.6 Å². The molecule has 118 valence electrons. The highest BCUT2D eigenvalue weighted by atomic mass is 19.4. The van der Waals surface area contributed by atoms with E-state index >= 15 is 0 Å². The minimum absolute atomic E-state index is 0.300. The third-order valence-corrected chi connectivity index (χ3v) is 3.60. The van der Waals surface area contributed by atoms with Crippen molar-refractivity contribution in [3.05, 3.63) is 29.6 Å². The number of hydrogen-bond donors (Lipinski definition) is 1. The molecule has 0 bridgehead atoms. The first-order valence-electron chi connectivity index (χ1n) is 6.86. The summed E-state index contributed by atoms with van der Waals surface area (Å²) >= 11 is 0. The van der Waals surface area contributed by atoms with E-state index in [-0.39, 0.29) is 5.82 Å². The van der Waals surface area contributed by atoms with Gasteiger partial charge in [0.15, 0.2) is 0 Å². The minimum atomic E-state index is -4.18. The van der Waals surface area contributed by atoms with E-state index < -0.39 is 18.8 Å². The van der Waals surface area contributed by atoms with Gasteiger partial charge in [0.05, 0.1) is 6.54 Å². The second kappa shape index (κ2) is 6.19. The number of piperazine rings is 1. The molecule has 0 aliphatic carbocycles. The molecule has 1 aliphatic rings. The third kappa shape index (κ3) is 4.07. The van der Waals surface area contributed by atoms with Crippen LogP contribution in [0.1, 0.15) is 18.5 Å². The normalized spacial score (nSPS) is 18.9. The first kappa shape index (κ1) is 16.0. The lowest BCUT2D eigenvalue weighted by atomic mass is 10.0. The standard InChI is InChI=1S/C14H19F4N3/c1-10(19)13-11(15)3-2-4-12(13)21-7-5-20(6-8-21)9-14(16,17)18/h2-4,10H,5-9,19H2,1H3/t10-/m0/s1. The summed E-state index contributed by atoms with van der Waals surface area (Å²) < 4.78 is 51.0. The molecule has 1 aromatic rings. The van der Waals surface area contributed by atoms with Crippen LogP contribution in [0.25, 0.3) is 0 Å². The van der Waals surface area contributed by atoms with E-state index in [1.54, 1.807) is 19.1 Å². The van der Waals surface area contributed by atoms with Gasteiger partial charge in [-0.2, -0.15) is 13.2 Å². The molecule has 3 nitrogen and oxygen atoms in total. The highest BCUT2D eigenvalue weighted by Gasteiger charge is 2.32. The molecular weight excluding hydrogens is 286 g/mol. The molecule has 2 rings (SSSR count). The summed E-state index contributed by atoms with van der Waals surface area (Å²) in [6.07, 6.45) is -4.18. The SMILES string of the molecule is C[C@H](N)c1c(F)cccc1N1CCN(CC(F)(F)F)CC1. The summed E-state index contributed by atoms with van der Waals surface area (Å²) in [6, 6.07) is 4.25. The maximum Gasteiger partial charge on any atom is 0.401 e. The van der Waals surface area contributed by atoms with Crippen molar-refractivity contribution in [2.24, 2.45) is 5.73 Å². The second-order valence-corrected chi connectivity index (χ2v) is 5.34. The van der Waals surface area contributed by atoms with Crippen molar-refractivity contribution in [1.82, 2.24) is 4.90 Å². The van der Waals surface area contributed by atoms with Crippen molar-refractivity contribution in [2.45, 2.75) is 19.1 Å². The fraction of sp³-hybridized carbons (Fsp3) is 0.571. The lowest BCUT2D eigenvalue weighted by Crippen LogP contribution is -2.49. The number of benzene rings is 1. The Kier molecular flexibility index (Phi) is 4.73. The van der Waals surface area contributed by atoms with Gasteiger partial charge >= 0.3 is 6.18 Å². The zero-order chi connectivity index (χ0) is 15.6. The van der Waals surface area contributed by atoms with Crippen LogP contribution in [0, 0.1) is 5.82 Å². The summed E-state index contributed by atoms with van der Waals surface area (Å²) in [6.45, 7) is 2.26. The van der Waals surface area contributed by atoms with E-state index in [0.29, 0.717) is 37.4 Å². The molecule has 2 N–H and O–H groups in total. The molecule has 1 heterocycles. The van der Waals surface area contributed by atoms with Crippen LogP contribution >= 0.6 is 0 Å². The van der Waals surface area contributed by atoms with Gasteiger partial charge < -0.3 is 10.6 Å². The van der Waals surface area contributed by atoms with Gasteiger partial charge in [0, 0.05) is 43.5 Å². The maximum atomic E-state index is 13.9. The summed E-state index contributed by atoms with van der Waals surface area (Å²) in [5.41, 5.74) is 6.90. The van der Waals surface area contributed by atoms with Crippen LogP contribution in [0.3, 0.4) is 0 Å². The van der Waals surface area contributed by atoms with Gasteiger partial charge in [-0.25, -0.2) is 4.39 Å². The van der Waals surface area contributed by atoms with Gasteiger partial charge in [0.25, 0.3) is 0 Å². The number of hydrogen-bond acceptors (Lipinski definition) is 3. The first-order chi connectivity index (χ1) is 9.78. The van der Waals surface area contributed by atoms with Gasteiger partial charge in [0.1, 0.15) is 5.82 Å². The monoisotopic (exact) mass is 305 g/mol. The summed E-state index contributed by atoms with van der Waals surface area (Å²) in [5.74, 6) is -0.375. The Morgan fingerprint density at radius 1 is 1.19 bits per heavy atom. The zero-order valence-corrected chi connectivity index (χ0v) is 11.8. The number of halogens is 4. The van der Waals surface area contributed by atoms with Crippen LogP contribution in [0.5, 0.6) is 0 Å². The van der Waals surface area contributed by atoms with Crippen molar-refractivity contribution in [2.75, 3.05) is 37.6 Å². The largest absolute Gasteiger partial charge is 0.401 e. The number of rotatable bonds is 3. The Balaban J connectivity index is 2.08. The van der Waals surface area contributed by atoms with Crippen molar-refractivity contribution < 1.29 is 17.6 Å². The zero-order valence-electron chi connectivity index (χ0n) is 11.8. The van der Waals surface area contributed by atoms with E-state index in [2.05, 4.69) is 0 Å². The van der Waals surface area contributed by atoms with Gasteiger partial charge in [0.2, 0.25) is 0 Å². The molecule has 1 aliphatic heterocycles. The molecule has 0 radical (unpaired) electrons. The number of nitrogens with zero attached hydrogens (tertiary/aromatic N) is 2. The van der Waals surface area contributed by atoms with E-state index in [1.165, 1.54) is 11.0 Å². The average Bonchev–Trinajstić information content (AvgIpc) is 2.37. The van der Waals surface area contributed by atoms with Crippen molar-refractivity contribution >= 4 is 5.69 Å². The highest BCUT2D eigenvalue weighted by Crippen LogP contribution is 2.29. The average molecular weight is 305 g/mol. The van der Waals surface area contributed by atoms with Crippen molar-refractivity contribution in [3.63, 3.8) is 0 Å². The molecule has 0 saturated carbocycles. The fourth-order valence-electron chi connectivity index (χ4n) is 2.65. The van der Waals surface area contributed by atoms with Crippen LogP contribution in [-0.2, 0) is 0 Å². The predicted molar refractivity (Wildman–Crippen MR) is 73.7 cm³/mol. The highest BCUT2D eigenvalue weighted by molar-refractivity contribution is 5.55. The topological polar surface area (TPSA) is 32.5 Å². The Labute approximate surface area is 121 Å². The Bertz CT molecular complexity index is 480. The smallest absolute Gasteiger partial charge is 0.369 e.